The van der Waals surface area contributed by atoms with Gasteiger partial charge in [0, 0.05) is 39.1 Å². The summed E-state index contributed by atoms with van der Waals surface area (Å²) in [6.07, 6.45) is 10.8. The largest absolute Gasteiger partial charge is 0.342 e. The van der Waals surface area contributed by atoms with Crippen molar-refractivity contribution in [3.05, 3.63) is 11.6 Å². The minimum absolute atomic E-state index is 0.0315. The average Bonchev–Trinajstić information content (AvgIpc) is 2.64. The molecule has 0 spiro atoms. The molecule has 2 fully saturated rings. The molecule has 0 aromatic rings. The SMILES string of the molecule is CC1CCCN(C(=O)CCCNC(=O)N2CCC3CCCC=C3C2)C1. The highest BCUT2D eigenvalue weighted by molar-refractivity contribution is 5.77. The number of amides is 3. The van der Waals surface area contributed by atoms with E-state index < -0.39 is 0 Å². The zero-order valence-electron chi connectivity index (χ0n) is 15.6. The summed E-state index contributed by atoms with van der Waals surface area (Å²) in [6, 6.07) is 0.0315. The smallest absolute Gasteiger partial charge is 0.317 e. The maximum absolute atomic E-state index is 12.4. The molecule has 1 aliphatic carbocycles. The summed E-state index contributed by atoms with van der Waals surface area (Å²) in [7, 11) is 0. The van der Waals surface area contributed by atoms with E-state index in [4.69, 9.17) is 0 Å². The van der Waals surface area contributed by atoms with Crippen LogP contribution in [0.3, 0.4) is 0 Å². The monoisotopic (exact) mass is 347 g/mol. The summed E-state index contributed by atoms with van der Waals surface area (Å²) < 4.78 is 0. The highest BCUT2D eigenvalue weighted by atomic mass is 16.2. The number of allylic oxidation sites excluding steroid dienone is 1. The van der Waals surface area contributed by atoms with Gasteiger partial charge in [-0.1, -0.05) is 18.6 Å². The van der Waals surface area contributed by atoms with Crippen molar-refractivity contribution in [2.45, 2.75) is 58.3 Å². The lowest BCUT2D eigenvalue weighted by Gasteiger charge is -2.36. The molecule has 3 amide bonds. The molecule has 0 aromatic heterocycles. The molecule has 0 aromatic carbocycles. The highest BCUT2D eigenvalue weighted by Gasteiger charge is 2.27. The second-order valence-electron chi connectivity index (χ2n) is 8.04. The number of carbonyl (C=O) groups excluding carboxylic acids is 2. The summed E-state index contributed by atoms with van der Waals surface area (Å²) in [4.78, 5) is 28.5. The van der Waals surface area contributed by atoms with Crippen molar-refractivity contribution in [1.29, 1.82) is 0 Å². The van der Waals surface area contributed by atoms with Crippen LogP contribution in [0.25, 0.3) is 0 Å². The molecule has 140 valence electrons. The minimum Gasteiger partial charge on any atom is -0.342 e. The van der Waals surface area contributed by atoms with Crippen molar-refractivity contribution in [2.24, 2.45) is 11.8 Å². The number of nitrogens with one attached hydrogen (secondary N) is 1. The lowest BCUT2D eigenvalue weighted by atomic mass is 9.82. The number of rotatable bonds is 4. The zero-order chi connectivity index (χ0) is 17.6. The molecule has 1 N–H and O–H groups in total. The summed E-state index contributed by atoms with van der Waals surface area (Å²) in [5.74, 6) is 1.57. The molecule has 25 heavy (non-hydrogen) atoms. The molecule has 0 saturated carbocycles. The van der Waals surface area contributed by atoms with Crippen molar-refractivity contribution in [1.82, 2.24) is 15.1 Å². The highest BCUT2D eigenvalue weighted by Crippen LogP contribution is 2.31. The Hall–Kier alpha value is -1.52. The average molecular weight is 348 g/mol. The fourth-order valence-corrected chi connectivity index (χ4v) is 4.43. The Morgan fingerprint density at radius 2 is 2.04 bits per heavy atom. The number of hydrogen-bond donors (Lipinski definition) is 1. The van der Waals surface area contributed by atoms with Gasteiger partial charge in [-0.2, -0.15) is 0 Å². The molecule has 5 nitrogen and oxygen atoms in total. The van der Waals surface area contributed by atoms with Crippen molar-refractivity contribution in [3.8, 4) is 0 Å². The van der Waals surface area contributed by atoms with Crippen LogP contribution in [-0.4, -0.2) is 54.5 Å². The van der Waals surface area contributed by atoms with Crippen LogP contribution in [0.2, 0.25) is 0 Å². The molecule has 3 aliphatic rings. The summed E-state index contributed by atoms with van der Waals surface area (Å²) in [5, 5.41) is 3.00. The van der Waals surface area contributed by atoms with Gasteiger partial charge < -0.3 is 15.1 Å². The van der Waals surface area contributed by atoms with Crippen LogP contribution < -0.4 is 5.32 Å². The third-order valence-corrected chi connectivity index (χ3v) is 5.95. The number of piperidine rings is 2. The fraction of sp³-hybridized carbons (Fsp3) is 0.800. The third kappa shape index (κ3) is 4.99. The van der Waals surface area contributed by atoms with E-state index in [1.54, 1.807) is 0 Å². The van der Waals surface area contributed by atoms with Crippen molar-refractivity contribution >= 4 is 11.9 Å². The summed E-state index contributed by atoms with van der Waals surface area (Å²) in [5.41, 5.74) is 1.46. The summed E-state index contributed by atoms with van der Waals surface area (Å²) in [6.45, 7) is 6.26. The van der Waals surface area contributed by atoms with Crippen LogP contribution in [0.1, 0.15) is 58.3 Å². The standard InChI is InChI=1S/C20H33N3O2/c1-16-6-5-12-22(14-16)19(24)9-4-11-21-20(25)23-13-10-17-7-2-3-8-18(17)15-23/h8,16-17H,2-7,9-15H2,1H3,(H,21,25). The van der Waals surface area contributed by atoms with Gasteiger partial charge in [0.2, 0.25) is 5.91 Å². The minimum atomic E-state index is 0.0315. The Balaban J connectivity index is 1.34. The van der Waals surface area contributed by atoms with Crippen LogP contribution in [0, 0.1) is 11.8 Å². The topological polar surface area (TPSA) is 52.7 Å². The Kier molecular flexibility index (Phi) is 6.38. The molecule has 0 bridgehead atoms. The number of likely N-dealkylation sites (tertiary alicyclic amines) is 2. The Labute approximate surface area is 151 Å². The molecule has 0 radical (unpaired) electrons. The molecule has 3 rings (SSSR count). The van der Waals surface area contributed by atoms with Crippen LogP contribution >= 0.6 is 0 Å². The molecule has 2 atom stereocenters. The predicted molar refractivity (Wildman–Crippen MR) is 99.2 cm³/mol. The van der Waals surface area contributed by atoms with Crippen LogP contribution in [-0.2, 0) is 4.79 Å². The fourth-order valence-electron chi connectivity index (χ4n) is 4.43. The lowest BCUT2D eigenvalue weighted by Crippen LogP contribution is -2.46. The number of urea groups is 1. The first kappa shape index (κ1) is 18.3. The molecule has 5 heteroatoms. The van der Waals surface area contributed by atoms with Gasteiger partial charge in [0.05, 0.1) is 0 Å². The van der Waals surface area contributed by atoms with Crippen molar-refractivity contribution in [3.63, 3.8) is 0 Å². The second kappa shape index (κ2) is 8.72. The maximum Gasteiger partial charge on any atom is 0.317 e. The van der Waals surface area contributed by atoms with E-state index in [0.717, 1.165) is 45.4 Å². The van der Waals surface area contributed by atoms with Gasteiger partial charge in [-0.15, -0.1) is 0 Å². The zero-order valence-corrected chi connectivity index (χ0v) is 15.6. The van der Waals surface area contributed by atoms with E-state index in [2.05, 4.69) is 18.3 Å². The van der Waals surface area contributed by atoms with Gasteiger partial charge in [0.1, 0.15) is 0 Å². The number of hydrogen-bond acceptors (Lipinski definition) is 2. The van der Waals surface area contributed by atoms with Gasteiger partial charge in [-0.25, -0.2) is 4.79 Å². The lowest BCUT2D eigenvalue weighted by molar-refractivity contribution is -0.132. The van der Waals surface area contributed by atoms with Gasteiger partial charge in [0.15, 0.2) is 0 Å². The molecule has 2 aliphatic heterocycles. The van der Waals surface area contributed by atoms with Gasteiger partial charge >= 0.3 is 6.03 Å². The van der Waals surface area contributed by atoms with Crippen molar-refractivity contribution in [2.75, 3.05) is 32.7 Å². The van der Waals surface area contributed by atoms with Crippen LogP contribution in [0.15, 0.2) is 11.6 Å². The molecular weight excluding hydrogens is 314 g/mol. The number of fused-ring (bicyclic) bond motifs is 1. The first-order valence-electron chi connectivity index (χ1n) is 10.1. The molecule has 2 saturated heterocycles. The van der Waals surface area contributed by atoms with Crippen molar-refractivity contribution < 1.29 is 9.59 Å². The molecule has 2 unspecified atom stereocenters. The van der Waals surface area contributed by atoms with E-state index >= 15 is 0 Å². The Morgan fingerprint density at radius 3 is 2.88 bits per heavy atom. The second-order valence-corrected chi connectivity index (χ2v) is 8.04. The first-order valence-corrected chi connectivity index (χ1v) is 10.1. The van der Waals surface area contributed by atoms with Gasteiger partial charge in [-0.3, -0.25) is 4.79 Å². The van der Waals surface area contributed by atoms with Gasteiger partial charge in [-0.05, 0) is 56.8 Å². The summed E-state index contributed by atoms with van der Waals surface area (Å²) >= 11 is 0. The molecular formula is C20H33N3O2. The Bertz CT molecular complexity index is 517. The number of nitrogens with zero attached hydrogens (tertiary/aromatic N) is 2. The quantitative estimate of drug-likeness (QED) is 0.627. The predicted octanol–water partition coefficient (Wildman–Crippen LogP) is 3.17. The van der Waals surface area contributed by atoms with Crippen LogP contribution in [0.4, 0.5) is 4.79 Å². The first-order chi connectivity index (χ1) is 12.1. The van der Waals surface area contributed by atoms with E-state index in [9.17, 15) is 9.59 Å². The van der Waals surface area contributed by atoms with E-state index in [0.29, 0.717) is 24.8 Å². The molecule has 2 heterocycles. The van der Waals surface area contributed by atoms with Gasteiger partial charge in [0.25, 0.3) is 0 Å². The van der Waals surface area contributed by atoms with Crippen LogP contribution in [0.5, 0.6) is 0 Å². The van der Waals surface area contributed by atoms with E-state index in [-0.39, 0.29) is 11.9 Å². The number of carbonyl (C=O) groups is 2. The maximum atomic E-state index is 12.4. The van der Waals surface area contributed by atoms with E-state index in [1.807, 2.05) is 9.80 Å². The third-order valence-electron chi connectivity index (χ3n) is 5.95. The Morgan fingerprint density at radius 1 is 1.16 bits per heavy atom. The van der Waals surface area contributed by atoms with E-state index in [1.165, 1.54) is 31.3 Å². The normalized spacial score (nSPS) is 26.7.